The first-order valence-corrected chi connectivity index (χ1v) is 11.3. The largest absolute Gasteiger partial charge is 0.492 e. The van der Waals surface area contributed by atoms with Gasteiger partial charge >= 0.3 is 0 Å². The third-order valence-electron chi connectivity index (χ3n) is 5.71. The summed E-state index contributed by atoms with van der Waals surface area (Å²) in [7, 11) is 0. The Bertz CT molecular complexity index is 1330. The van der Waals surface area contributed by atoms with Gasteiger partial charge in [-0.15, -0.1) is 0 Å². The van der Waals surface area contributed by atoms with Crippen LogP contribution in [0.25, 0.3) is 22.0 Å². The first-order chi connectivity index (χ1) is 16.7. The van der Waals surface area contributed by atoms with Crippen molar-refractivity contribution in [2.75, 3.05) is 44.8 Å². The van der Waals surface area contributed by atoms with Crippen LogP contribution < -0.4 is 15.6 Å². The smallest absolute Gasteiger partial charge is 0.259 e. The molecule has 9 nitrogen and oxygen atoms in total. The van der Waals surface area contributed by atoms with Crippen molar-refractivity contribution >= 4 is 22.3 Å². The molecule has 1 fully saturated rings. The number of hydrogen-bond acceptors (Lipinski definition) is 8. The van der Waals surface area contributed by atoms with Crippen molar-refractivity contribution in [3.8, 4) is 17.0 Å². The van der Waals surface area contributed by atoms with Crippen LogP contribution in [0.15, 0.2) is 59.8 Å². The predicted octanol–water partition coefficient (Wildman–Crippen LogP) is 3.14. The minimum atomic E-state index is -0.211. The van der Waals surface area contributed by atoms with E-state index >= 15 is 0 Å². The van der Waals surface area contributed by atoms with Gasteiger partial charge in [0.2, 0.25) is 0 Å². The van der Waals surface area contributed by atoms with E-state index < -0.39 is 0 Å². The summed E-state index contributed by atoms with van der Waals surface area (Å²) >= 11 is 0. The predicted molar refractivity (Wildman–Crippen MR) is 131 cm³/mol. The first-order valence-electron chi connectivity index (χ1n) is 11.3. The van der Waals surface area contributed by atoms with E-state index in [1.165, 1.54) is 0 Å². The molecule has 1 aliphatic rings. The molecule has 1 aromatic carbocycles. The fourth-order valence-electron chi connectivity index (χ4n) is 3.90. The summed E-state index contributed by atoms with van der Waals surface area (Å²) in [5.74, 6) is 1.89. The molecule has 0 unspecified atom stereocenters. The lowest BCUT2D eigenvalue weighted by molar-refractivity contribution is 0.0322. The lowest BCUT2D eigenvalue weighted by atomic mass is 10.1. The first kappa shape index (κ1) is 22.0. The molecular formula is C25H26N6O3. The summed E-state index contributed by atoms with van der Waals surface area (Å²) in [6, 6.07) is 11.4. The summed E-state index contributed by atoms with van der Waals surface area (Å²) in [6.07, 6.45) is 5.10. The number of hydrogen-bond donors (Lipinski definition) is 2. The molecule has 9 heteroatoms. The zero-order chi connectivity index (χ0) is 23.3. The van der Waals surface area contributed by atoms with Gasteiger partial charge in [-0.05, 0) is 36.6 Å². The van der Waals surface area contributed by atoms with Crippen LogP contribution in [0.1, 0.15) is 5.82 Å². The second-order valence-electron chi connectivity index (χ2n) is 8.10. The number of H-pyrrole nitrogens is 1. The zero-order valence-corrected chi connectivity index (χ0v) is 19.0. The van der Waals surface area contributed by atoms with E-state index in [0.717, 1.165) is 55.2 Å². The molecule has 2 N–H and O–H groups in total. The summed E-state index contributed by atoms with van der Waals surface area (Å²) in [5.41, 5.74) is 2.02. The molecule has 0 radical (unpaired) electrons. The van der Waals surface area contributed by atoms with Crippen molar-refractivity contribution < 1.29 is 9.47 Å². The Morgan fingerprint density at radius 1 is 1.15 bits per heavy atom. The molecule has 5 rings (SSSR count). The zero-order valence-electron chi connectivity index (χ0n) is 19.0. The molecule has 0 bridgehead atoms. The van der Waals surface area contributed by atoms with Gasteiger partial charge in [-0.1, -0.05) is 6.07 Å². The molecule has 0 amide bonds. The molecule has 3 aromatic heterocycles. The van der Waals surface area contributed by atoms with Crippen LogP contribution in [-0.2, 0) is 4.74 Å². The monoisotopic (exact) mass is 458 g/mol. The number of anilines is 2. The highest BCUT2D eigenvalue weighted by atomic mass is 16.5. The van der Waals surface area contributed by atoms with Gasteiger partial charge < -0.3 is 19.8 Å². The summed E-state index contributed by atoms with van der Waals surface area (Å²) in [4.78, 5) is 31.0. The summed E-state index contributed by atoms with van der Waals surface area (Å²) in [5, 5.41) is 4.57. The Morgan fingerprint density at radius 3 is 2.79 bits per heavy atom. The SMILES string of the molecule is Cc1ncc(-c2cc3cc[nH]c(=O)c3c(Nc3cccc(OCCN4CCOCC4)c3)n2)cn1. The topological polar surface area (TPSA) is 105 Å². The molecule has 0 atom stereocenters. The average molecular weight is 459 g/mol. The quantitative estimate of drug-likeness (QED) is 0.435. The van der Waals surface area contributed by atoms with Crippen LogP contribution in [0.2, 0.25) is 0 Å². The number of aromatic nitrogens is 4. The van der Waals surface area contributed by atoms with Gasteiger partial charge in [0.25, 0.3) is 5.56 Å². The number of benzene rings is 1. The van der Waals surface area contributed by atoms with Gasteiger partial charge in [-0.3, -0.25) is 9.69 Å². The molecule has 34 heavy (non-hydrogen) atoms. The third-order valence-corrected chi connectivity index (χ3v) is 5.71. The van der Waals surface area contributed by atoms with E-state index in [4.69, 9.17) is 14.5 Å². The van der Waals surface area contributed by atoms with Crippen LogP contribution in [0.5, 0.6) is 5.75 Å². The van der Waals surface area contributed by atoms with E-state index in [1.807, 2.05) is 43.3 Å². The maximum Gasteiger partial charge on any atom is 0.259 e. The number of ether oxygens (including phenoxy) is 2. The van der Waals surface area contributed by atoms with E-state index in [0.29, 0.717) is 29.3 Å². The van der Waals surface area contributed by atoms with Crippen molar-refractivity contribution in [3.63, 3.8) is 0 Å². The molecule has 0 spiro atoms. The number of morpholine rings is 1. The summed E-state index contributed by atoms with van der Waals surface area (Å²) in [6.45, 7) is 6.68. The second kappa shape index (κ2) is 9.98. The van der Waals surface area contributed by atoms with Gasteiger partial charge in [-0.2, -0.15) is 0 Å². The van der Waals surface area contributed by atoms with Gasteiger partial charge in [-0.25, -0.2) is 15.0 Å². The van der Waals surface area contributed by atoms with Crippen LogP contribution >= 0.6 is 0 Å². The van der Waals surface area contributed by atoms with Crippen molar-refractivity contribution in [2.24, 2.45) is 0 Å². The van der Waals surface area contributed by atoms with Crippen molar-refractivity contribution in [1.29, 1.82) is 0 Å². The fourth-order valence-corrected chi connectivity index (χ4v) is 3.90. The molecule has 0 saturated carbocycles. The number of aromatic amines is 1. The number of fused-ring (bicyclic) bond motifs is 1. The van der Waals surface area contributed by atoms with Crippen molar-refractivity contribution in [2.45, 2.75) is 6.92 Å². The highest BCUT2D eigenvalue weighted by Crippen LogP contribution is 2.28. The van der Waals surface area contributed by atoms with Gasteiger partial charge in [0, 0.05) is 55.5 Å². The summed E-state index contributed by atoms with van der Waals surface area (Å²) < 4.78 is 11.4. The average Bonchev–Trinajstić information content (AvgIpc) is 2.85. The Morgan fingerprint density at radius 2 is 1.97 bits per heavy atom. The van der Waals surface area contributed by atoms with Gasteiger partial charge in [0.15, 0.2) is 0 Å². The normalized spacial score (nSPS) is 14.3. The molecule has 1 saturated heterocycles. The van der Waals surface area contributed by atoms with E-state index in [2.05, 4.69) is 25.2 Å². The Labute approximate surface area is 196 Å². The Balaban J connectivity index is 1.40. The fraction of sp³-hybridized carbons (Fsp3) is 0.280. The Hall–Kier alpha value is -3.82. The highest BCUT2D eigenvalue weighted by Gasteiger charge is 2.13. The number of nitrogens with zero attached hydrogens (tertiary/aromatic N) is 4. The minimum absolute atomic E-state index is 0.211. The Kier molecular flexibility index (Phi) is 6.46. The molecule has 1 aliphatic heterocycles. The number of aryl methyl sites for hydroxylation is 1. The minimum Gasteiger partial charge on any atom is -0.492 e. The van der Waals surface area contributed by atoms with Crippen molar-refractivity contribution in [3.05, 3.63) is 71.2 Å². The van der Waals surface area contributed by atoms with Crippen LogP contribution in [-0.4, -0.2) is 64.3 Å². The highest BCUT2D eigenvalue weighted by molar-refractivity contribution is 5.95. The lowest BCUT2D eigenvalue weighted by Crippen LogP contribution is -2.38. The second-order valence-corrected chi connectivity index (χ2v) is 8.10. The molecule has 4 aromatic rings. The molecule has 0 aliphatic carbocycles. The van der Waals surface area contributed by atoms with E-state index in [9.17, 15) is 4.79 Å². The molecule has 4 heterocycles. The standard InChI is InChI=1S/C25H26N6O3/c1-17-27-15-19(16-28-17)22-13-18-5-6-26-25(32)23(18)24(30-22)29-20-3-2-4-21(14-20)34-12-9-31-7-10-33-11-8-31/h2-6,13-16H,7-12H2,1H3,(H,26,32)(H,29,30). The maximum absolute atomic E-state index is 12.6. The number of rotatable bonds is 7. The molecule has 174 valence electrons. The lowest BCUT2D eigenvalue weighted by Gasteiger charge is -2.26. The van der Waals surface area contributed by atoms with Crippen molar-refractivity contribution in [1.82, 2.24) is 24.8 Å². The van der Waals surface area contributed by atoms with Gasteiger partial charge in [0.1, 0.15) is 24.0 Å². The van der Waals surface area contributed by atoms with Gasteiger partial charge in [0.05, 0.1) is 24.3 Å². The van der Waals surface area contributed by atoms with Crippen LogP contribution in [0.4, 0.5) is 11.5 Å². The molecular weight excluding hydrogens is 432 g/mol. The number of pyridine rings is 2. The maximum atomic E-state index is 12.6. The third kappa shape index (κ3) is 5.05. The van der Waals surface area contributed by atoms with E-state index in [1.54, 1.807) is 18.6 Å². The number of nitrogens with one attached hydrogen (secondary N) is 2. The van der Waals surface area contributed by atoms with Crippen LogP contribution in [0, 0.1) is 6.92 Å². The van der Waals surface area contributed by atoms with E-state index in [-0.39, 0.29) is 5.56 Å². The van der Waals surface area contributed by atoms with Crippen LogP contribution in [0.3, 0.4) is 0 Å².